The quantitative estimate of drug-likeness (QED) is 0.462. The van der Waals surface area contributed by atoms with E-state index in [9.17, 15) is 4.79 Å². The molecule has 0 aliphatic carbocycles. The average Bonchev–Trinajstić information content (AvgIpc) is 3.15. The number of benzene rings is 2. The molecule has 6 nitrogen and oxygen atoms in total. The van der Waals surface area contributed by atoms with E-state index < -0.39 is 5.91 Å². The predicted octanol–water partition coefficient (Wildman–Crippen LogP) is 3.44. The second-order valence-corrected chi connectivity index (χ2v) is 6.13. The van der Waals surface area contributed by atoms with Crippen LogP contribution in [0.1, 0.15) is 27.4 Å². The summed E-state index contributed by atoms with van der Waals surface area (Å²) in [5.74, 6) is 0.762. The second kappa shape index (κ2) is 8.71. The highest BCUT2D eigenvalue weighted by molar-refractivity contribution is 5.93. The van der Waals surface area contributed by atoms with Gasteiger partial charge in [-0.05, 0) is 36.8 Å². The average molecular weight is 362 g/mol. The topological polar surface area (TPSA) is 92.6 Å². The van der Waals surface area contributed by atoms with Crippen LogP contribution in [0.25, 0.3) is 0 Å². The molecule has 0 saturated heterocycles. The van der Waals surface area contributed by atoms with Crippen LogP contribution in [0.15, 0.2) is 76.1 Å². The minimum absolute atomic E-state index is 0.140. The van der Waals surface area contributed by atoms with Crippen LogP contribution in [0.4, 0.5) is 5.69 Å². The van der Waals surface area contributed by atoms with Gasteiger partial charge in [-0.1, -0.05) is 48.0 Å². The number of furan rings is 1. The third kappa shape index (κ3) is 5.47. The lowest BCUT2D eigenvalue weighted by Crippen LogP contribution is -2.30. The fourth-order valence-electron chi connectivity index (χ4n) is 2.44. The summed E-state index contributed by atoms with van der Waals surface area (Å²) in [6.07, 6.45) is 0. The van der Waals surface area contributed by atoms with Crippen LogP contribution >= 0.6 is 0 Å². The zero-order valence-corrected chi connectivity index (χ0v) is 15.1. The van der Waals surface area contributed by atoms with Crippen molar-refractivity contribution in [3.05, 3.63) is 89.4 Å². The maximum Gasteiger partial charge on any atom is 0.284 e. The van der Waals surface area contributed by atoms with Crippen molar-refractivity contribution < 1.29 is 9.21 Å². The second-order valence-electron chi connectivity index (χ2n) is 6.13. The number of anilines is 1. The number of guanidine groups is 1. The Bertz CT molecular complexity index is 915. The van der Waals surface area contributed by atoms with Crippen molar-refractivity contribution in [3.8, 4) is 0 Å². The van der Waals surface area contributed by atoms with Gasteiger partial charge in [-0.3, -0.25) is 4.79 Å². The Balaban J connectivity index is 1.70. The van der Waals surface area contributed by atoms with E-state index in [0.29, 0.717) is 24.8 Å². The highest BCUT2D eigenvalue weighted by atomic mass is 16.3. The summed E-state index contributed by atoms with van der Waals surface area (Å²) in [5.41, 5.74) is 8.47. The van der Waals surface area contributed by atoms with Crippen LogP contribution in [0, 0.1) is 6.92 Å². The van der Waals surface area contributed by atoms with Gasteiger partial charge in [-0.15, -0.1) is 0 Å². The Morgan fingerprint density at radius 1 is 1.04 bits per heavy atom. The van der Waals surface area contributed by atoms with Crippen molar-refractivity contribution in [1.82, 2.24) is 5.32 Å². The fourth-order valence-corrected chi connectivity index (χ4v) is 2.44. The van der Waals surface area contributed by atoms with E-state index in [1.54, 1.807) is 12.1 Å². The molecule has 0 unspecified atom stereocenters. The predicted molar refractivity (Wildman–Crippen MR) is 106 cm³/mol. The van der Waals surface area contributed by atoms with Crippen LogP contribution in [-0.2, 0) is 13.1 Å². The molecule has 1 aromatic heterocycles. The number of carbonyl (C=O) groups excluding carboxylic acids is 1. The number of nitrogens with two attached hydrogens (primary N) is 1. The summed E-state index contributed by atoms with van der Waals surface area (Å²) in [6, 6.07) is 21.3. The van der Waals surface area contributed by atoms with Crippen molar-refractivity contribution in [1.29, 1.82) is 0 Å². The molecular weight excluding hydrogens is 340 g/mol. The van der Waals surface area contributed by atoms with Crippen molar-refractivity contribution in [2.45, 2.75) is 20.0 Å². The molecule has 1 heterocycles. The summed E-state index contributed by atoms with van der Waals surface area (Å²) in [6.45, 7) is 2.97. The Labute approximate surface area is 158 Å². The number of amides is 1. The Hall–Kier alpha value is -3.54. The lowest BCUT2D eigenvalue weighted by atomic mass is 10.1. The van der Waals surface area contributed by atoms with Gasteiger partial charge >= 0.3 is 0 Å². The van der Waals surface area contributed by atoms with Crippen molar-refractivity contribution in [3.63, 3.8) is 0 Å². The molecule has 0 atom stereocenters. The van der Waals surface area contributed by atoms with Crippen LogP contribution in [0.5, 0.6) is 0 Å². The van der Waals surface area contributed by atoms with Gasteiger partial charge in [0.2, 0.25) is 0 Å². The molecule has 0 fully saturated rings. The molecule has 0 saturated carbocycles. The molecule has 3 rings (SSSR count). The van der Waals surface area contributed by atoms with Gasteiger partial charge in [0.1, 0.15) is 5.76 Å². The van der Waals surface area contributed by atoms with Gasteiger partial charge in [0, 0.05) is 5.69 Å². The molecule has 27 heavy (non-hydrogen) atoms. The number of aliphatic imine (C=N–C) groups is 1. The SMILES string of the molecule is Cc1ccc(CN=C(NCc2ccc(C(N)=O)o2)Nc2ccccc2)cc1. The number of aryl methyl sites for hydroxylation is 1. The number of nitrogens with zero attached hydrogens (tertiary/aromatic N) is 1. The number of primary amides is 1. The van der Waals surface area contributed by atoms with E-state index in [2.05, 4.69) is 46.8 Å². The first-order valence-corrected chi connectivity index (χ1v) is 8.64. The Kier molecular flexibility index (Phi) is 5.89. The molecule has 0 radical (unpaired) electrons. The monoisotopic (exact) mass is 362 g/mol. The van der Waals surface area contributed by atoms with Crippen molar-refractivity contribution in [2.24, 2.45) is 10.7 Å². The maximum absolute atomic E-state index is 11.1. The van der Waals surface area contributed by atoms with Crippen LogP contribution in [-0.4, -0.2) is 11.9 Å². The maximum atomic E-state index is 11.1. The molecule has 0 aliphatic heterocycles. The van der Waals surface area contributed by atoms with Gasteiger partial charge in [0.25, 0.3) is 5.91 Å². The standard InChI is InChI=1S/C21H22N4O2/c1-15-7-9-16(10-8-15)13-23-21(25-17-5-3-2-4-6-17)24-14-18-11-12-19(27-18)20(22)26/h2-12H,13-14H2,1H3,(H2,22,26)(H2,23,24,25). The first kappa shape index (κ1) is 18.3. The van der Waals surface area contributed by atoms with E-state index in [4.69, 9.17) is 10.2 Å². The minimum Gasteiger partial charge on any atom is -0.454 e. The fraction of sp³-hybridized carbons (Fsp3) is 0.143. The molecule has 0 spiro atoms. The van der Waals surface area contributed by atoms with Crippen LogP contribution < -0.4 is 16.4 Å². The van der Waals surface area contributed by atoms with Crippen LogP contribution in [0.3, 0.4) is 0 Å². The highest BCUT2D eigenvalue weighted by Gasteiger charge is 2.08. The first-order valence-electron chi connectivity index (χ1n) is 8.64. The molecule has 2 aromatic carbocycles. The van der Waals surface area contributed by atoms with E-state index in [1.165, 1.54) is 5.56 Å². The zero-order valence-electron chi connectivity index (χ0n) is 15.1. The number of nitrogens with one attached hydrogen (secondary N) is 2. The van der Waals surface area contributed by atoms with E-state index >= 15 is 0 Å². The summed E-state index contributed by atoms with van der Waals surface area (Å²) in [7, 11) is 0. The number of hydrogen-bond acceptors (Lipinski definition) is 3. The number of para-hydroxylation sites is 1. The molecular formula is C21H22N4O2. The number of carbonyl (C=O) groups is 1. The number of rotatable bonds is 6. The van der Waals surface area contributed by atoms with Gasteiger partial charge < -0.3 is 20.8 Å². The normalized spacial score (nSPS) is 11.2. The van der Waals surface area contributed by atoms with E-state index in [0.717, 1.165) is 11.3 Å². The molecule has 3 aromatic rings. The molecule has 0 aliphatic rings. The zero-order chi connectivity index (χ0) is 19.1. The summed E-state index contributed by atoms with van der Waals surface area (Å²) in [5, 5.41) is 6.48. The van der Waals surface area contributed by atoms with Crippen molar-refractivity contribution >= 4 is 17.6 Å². The van der Waals surface area contributed by atoms with Crippen molar-refractivity contribution in [2.75, 3.05) is 5.32 Å². The molecule has 4 N–H and O–H groups in total. The van der Waals surface area contributed by atoms with E-state index in [-0.39, 0.29) is 5.76 Å². The number of hydrogen-bond donors (Lipinski definition) is 3. The smallest absolute Gasteiger partial charge is 0.284 e. The van der Waals surface area contributed by atoms with Gasteiger partial charge in [-0.2, -0.15) is 0 Å². The molecule has 0 bridgehead atoms. The highest BCUT2D eigenvalue weighted by Crippen LogP contribution is 2.09. The lowest BCUT2D eigenvalue weighted by molar-refractivity contribution is 0.0972. The molecule has 6 heteroatoms. The third-order valence-electron chi connectivity index (χ3n) is 3.91. The molecule has 138 valence electrons. The largest absolute Gasteiger partial charge is 0.454 e. The summed E-state index contributed by atoms with van der Waals surface area (Å²) >= 11 is 0. The van der Waals surface area contributed by atoms with E-state index in [1.807, 2.05) is 30.3 Å². The Morgan fingerprint density at radius 2 is 1.78 bits per heavy atom. The van der Waals surface area contributed by atoms with Crippen LogP contribution in [0.2, 0.25) is 0 Å². The van der Waals surface area contributed by atoms with Gasteiger partial charge in [0.05, 0.1) is 13.1 Å². The van der Waals surface area contributed by atoms with Gasteiger partial charge in [-0.25, -0.2) is 4.99 Å². The first-order chi connectivity index (χ1) is 13.1. The summed E-state index contributed by atoms with van der Waals surface area (Å²) < 4.78 is 5.40. The minimum atomic E-state index is -0.586. The Morgan fingerprint density at radius 3 is 2.44 bits per heavy atom. The molecule has 1 amide bonds. The van der Waals surface area contributed by atoms with Gasteiger partial charge in [0.15, 0.2) is 11.7 Å². The lowest BCUT2D eigenvalue weighted by Gasteiger charge is -2.12. The summed E-state index contributed by atoms with van der Waals surface area (Å²) in [4.78, 5) is 15.8. The third-order valence-corrected chi connectivity index (χ3v) is 3.91.